The summed E-state index contributed by atoms with van der Waals surface area (Å²) in [7, 11) is 0. The third-order valence-corrected chi connectivity index (χ3v) is 4.85. The van der Waals surface area contributed by atoms with E-state index in [0.29, 0.717) is 21.2 Å². The van der Waals surface area contributed by atoms with E-state index in [-0.39, 0.29) is 10.1 Å². The van der Waals surface area contributed by atoms with E-state index in [0.717, 1.165) is 0 Å². The molecular formula is C9H2Cl6. The molecule has 1 aliphatic rings. The SMILES string of the molecule is ClC1=C(Cl)C(Cl)(Cl)c2ccc(Cl)c(Cl)c21. The molecule has 0 unspecified atom stereocenters. The standard InChI is InChI=1S/C9H2Cl6/c10-4-2-1-3-5(6(4)11)7(12)8(13)9(3,14)15/h1-2H. The second-order valence-corrected chi connectivity index (χ2v) is 5.85. The Hall–Kier alpha value is 0.700. The molecule has 0 saturated carbocycles. The molecular weight excluding hydrogens is 321 g/mol. The molecule has 0 nitrogen and oxygen atoms in total. The van der Waals surface area contributed by atoms with Gasteiger partial charge in [-0.1, -0.05) is 75.7 Å². The summed E-state index contributed by atoms with van der Waals surface area (Å²) in [5.41, 5.74) is 1.05. The summed E-state index contributed by atoms with van der Waals surface area (Å²) in [6, 6.07) is 3.25. The van der Waals surface area contributed by atoms with E-state index >= 15 is 0 Å². The molecule has 2 rings (SSSR count). The molecule has 0 heterocycles. The lowest BCUT2D eigenvalue weighted by atomic mass is 10.1. The Morgan fingerprint density at radius 3 is 2.13 bits per heavy atom. The Morgan fingerprint density at radius 2 is 1.53 bits per heavy atom. The van der Waals surface area contributed by atoms with Gasteiger partial charge in [-0.15, -0.1) is 0 Å². The lowest BCUT2D eigenvalue weighted by Gasteiger charge is -2.15. The van der Waals surface area contributed by atoms with Gasteiger partial charge in [0.1, 0.15) is 0 Å². The van der Waals surface area contributed by atoms with Crippen LogP contribution in [0.3, 0.4) is 0 Å². The van der Waals surface area contributed by atoms with Gasteiger partial charge in [-0.05, 0) is 6.07 Å². The fourth-order valence-electron chi connectivity index (χ4n) is 1.39. The van der Waals surface area contributed by atoms with E-state index < -0.39 is 4.33 Å². The first kappa shape index (κ1) is 12.2. The largest absolute Gasteiger partial charge is 0.180 e. The van der Waals surface area contributed by atoms with Crippen LogP contribution in [0, 0.1) is 0 Å². The molecule has 0 aliphatic heterocycles. The molecule has 0 aromatic heterocycles. The van der Waals surface area contributed by atoms with Gasteiger partial charge in [0.2, 0.25) is 0 Å². The summed E-state index contributed by atoms with van der Waals surface area (Å²) < 4.78 is -1.35. The fourth-order valence-corrected chi connectivity index (χ4v) is 2.99. The van der Waals surface area contributed by atoms with Crippen molar-refractivity contribution in [1.29, 1.82) is 0 Å². The monoisotopic (exact) mass is 320 g/mol. The summed E-state index contributed by atoms with van der Waals surface area (Å²) >= 11 is 35.9. The molecule has 0 N–H and O–H groups in total. The summed E-state index contributed by atoms with van der Waals surface area (Å²) in [6.45, 7) is 0. The summed E-state index contributed by atoms with van der Waals surface area (Å²) in [4.78, 5) is 0. The van der Waals surface area contributed by atoms with Crippen molar-refractivity contribution < 1.29 is 0 Å². The Balaban J connectivity index is 2.82. The molecule has 80 valence electrons. The molecule has 6 heteroatoms. The number of allylic oxidation sites excluding steroid dienone is 1. The Bertz CT molecular complexity index is 474. The van der Waals surface area contributed by atoms with Gasteiger partial charge in [0.05, 0.1) is 20.1 Å². The summed E-state index contributed by atoms with van der Waals surface area (Å²) in [5.74, 6) is 0. The number of hydrogen-bond donors (Lipinski definition) is 0. The average Bonchev–Trinajstić information content (AvgIpc) is 2.34. The maximum absolute atomic E-state index is 6.06. The lowest BCUT2D eigenvalue weighted by molar-refractivity contribution is 1.11. The van der Waals surface area contributed by atoms with E-state index in [9.17, 15) is 0 Å². The first-order chi connectivity index (χ1) is 6.87. The second-order valence-electron chi connectivity index (χ2n) is 2.99. The van der Waals surface area contributed by atoms with Crippen LogP contribution in [0.1, 0.15) is 11.1 Å². The highest BCUT2D eigenvalue weighted by Gasteiger charge is 2.42. The Morgan fingerprint density at radius 1 is 0.933 bits per heavy atom. The fraction of sp³-hybridized carbons (Fsp3) is 0.111. The van der Waals surface area contributed by atoms with Gasteiger partial charge in [-0.2, -0.15) is 0 Å². The third kappa shape index (κ3) is 1.67. The quantitative estimate of drug-likeness (QED) is 0.531. The van der Waals surface area contributed by atoms with Crippen LogP contribution < -0.4 is 0 Å². The molecule has 0 saturated heterocycles. The van der Waals surface area contributed by atoms with Crippen molar-refractivity contribution in [1.82, 2.24) is 0 Å². The zero-order valence-corrected chi connectivity index (χ0v) is 11.5. The smallest absolute Gasteiger partial charge is 0.0898 e. The van der Waals surface area contributed by atoms with Crippen LogP contribution in [-0.4, -0.2) is 0 Å². The van der Waals surface area contributed by atoms with Crippen LogP contribution in [0.5, 0.6) is 0 Å². The van der Waals surface area contributed by atoms with Gasteiger partial charge in [-0.3, -0.25) is 0 Å². The van der Waals surface area contributed by atoms with Gasteiger partial charge >= 0.3 is 0 Å². The van der Waals surface area contributed by atoms with Crippen LogP contribution in [0.4, 0.5) is 0 Å². The van der Waals surface area contributed by atoms with Crippen molar-refractivity contribution in [3.8, 4) is 0 Å². The van der Waals surface area contributed by atoms with Crippen LogP contribution in [0.15, 0.2) is 17.2 Å². The molecule has 0 fully saturated rings. The Kier molecular flexibility index (Phi) is 3.14. The minimum atomic E-state index is -1.35. The molecule has 0 bridgehead atoms. The van der Waals surface area contributed by atoms with Crippen molar-refractivity contribution in [3.63, 3.8) is 0 Å². The molecule has 0 atom stereocenters. The summed E-state index contributed by atoms with van der Waals surface area (Å²) in [6.07, 6.45) is 0. The van der Waals surface area contributed by atoms with Gasteiger partial charge in [0.15, 0.2) is 4.33 Å². The van der Waals surface area contributed by atoms with E-state index in [1.807, 2.05) is 0 Å². The van der Waals surface area contributed by atoms with Gasteiger partial charge in [-0.25, -0.2) is 0 Å². The number of rotatable bonds is 0. The highest BCUT2D eigenvalue weighted by atomic mass is 35.5. The van der Waals surface area contributed by atoms with Crippen molar-refractivity contribution in [3.05, 3.63) is 38.3 Å². The first-order valence-corrected chi connectivity index (χ1v) is 6.06. The Labute approximate surface area is 117 Å². The van der Waals surface area contributed by atoms with Crippen molar-refractivity contribution in [2.45, 2.75) is 4.33 Å². The van der Waals surface area contributed by atoms with Crippen molar-refractivity contribution in [2.24, 2.45) is 0 Å². The van der Waals surface area contributed by atoms with Crippen molar-refractivity contribution in [2.75, 3.05) is 0 Å². The molecule has 15 heavy (non-hydrogen) atoms. The zero-order chi connectivity index (χ0) is 11.4. The average molecular weight is 323 g/mol. The van der Waals surface area contributed by atoms with Crippen LogP contribution in [0.25, 0.3) is 5.03 Å². The maximum Gasteiger partial charge on any atom is 0.180 e. The number of halogens is 6. The maximum atomic E-state index is 6.06. The van der Waals surface area contributed by atoms with Crippen LogP contribution in [0.2, 0.25) is 10.0 Å². The van der Waals surface area contributed by atoms with E-state index in [4.69, 9.17) is 69.6 Å². The van der Waals surface area contributed by atoms with E-state index in [1.54, 1.807) is 12.1 Å². The minimum absolute atomic E-state index is 0.145. The molecule has 0 radical (unpaired) electrons. The van der Waals surface area contributed by atoms with Crippen LogP contribution >= 0.6 is 69.6 Å². The number of benzene rings is 1. The van der Waals surface area contributed by atoms with Crippen LogP contribution in [-0.2, 0) is 4.33 Å². The topological polar surface area (TPSA) is 0 Å². The molecule has 1 aromatic rings. The molecule has 1 aromatic carbocycles. The number of alkyl halides is 2. The number of hydrogen-bond acceptors (Lipinski definition) is 0. The predicted molar refractivity (Wildman–Crippen MR) is 68.5 cm³/mol. The molecule has 0 spiro atoms. The van der Waals surface area contributed by atoms with E-state index in [1.165, 1.54) is 0 Å². The first-order valence-electron chi connectivity index (χ1n) is 3.79. The number of fused-ring (bicyclic) bond motifs is 1. The minimum Gasteiger partial charge on any atom is -0.0898 e. The van der Waals surface area contributed by atoms with E-state index in [2.05, 4.69) is 0 Å². The molecule has 1 aliphatic carbocycles. The highest BCUT2D eigenvalue weighted by Crippen LogP contribution is 2.57. The normalized spacial score (nSPS) is 18.3. The lowest BCUT2D eigenvalue weighted by Crippen LogP contribution is -2.06. The van der Waals surface area contributed by atoms with Crippen molar-refractivity contribution >= 4 is 74.6 Å². The highest BCUT2D eigenvalue weighted by molar-refractivity contribution is 6.65. The van der Waals surface area contributed by atoms with Gasteiger partial charge < -0.3 is 0 Å². The third-order valence-electron chi connectivity index (χ3n) is 2.12. The van der Waals surface area contributed by atoms with Gasteiger partial charge in [0, 0.05) is 11.1 Å². The molecule has 0 amide bonds. The van der Waals surface area contributed by atoms with Gasteiger partial charge in [0.25, 0.3) is 0 Å². The second kappa shape index (κ2) is 3.87. The zero-order valence-electron chi connectivity index (χ0n) is 6.92. The predicted octanol–water partition coefficient (Wildman–Crippen LogP) is 5.78. The summed E-state index contributed by atoms with van der Waals surface area (Å²) in [5, 5.41) is 1.07.